The van der Waals surface area contributed by atoms with Crippen molar-refractivity contribution < 1.29 is 24.2 Å². The van der Waals surface area contributed by atoms with Gasteiger partial charge in [0.15, 0.2) is 0 Å². The van der Waals surface area contributed by atoms with Gasteiger partial charge in [0.2, 0.25) is 17.7 Å². The molecular formula is C29H51N3O5. The molecule has 0 aliphatic carbocycles. The molecule has 1 spiro atoms. The van der Waals surface area contributed by atoms with Gasteiger partial charge in [-0.3, -0.25) is 14.4 Å². The first-order valence-corrected chi connectivity index (χ1v) is 14.4. The highest BCUT2D eigenvalue weighted by atomic mass is 16.5. The molecule has 3 heterocycles. The van der Waals surface area contributed by atoms with Crippen LogP contribution in [0, 0.1) is 23.2 Å². The third kappa shape index (κ3) is 5.17. The number of aliphatic hydroxyl groups excluding tert-OH is 1. The molecule has 3 fully saturated rings. The lowest BCUT2D eigenvalue weighted by atomic mass is 9.65. The zero-order valence-electron chi connectivity index (χ0n) is 24.6. The first-order chi connectivity index (χ1) is 17.1. The van der Waals surface area contributed by atoms with Gasteiger partial charge >= 0.3 is 0 Å². The van der Waals surface area contributed by atoms with Gasteiger partial charge in [0.25, 0.3) is 0 Å². The maximum Gasteiger partial charge on any atom is 0.246 e. The number of hydrogen-bond donors (Lipinski definition) is 3. The van der Waals surface area contributed by atoms with Crippen LogP contribution in [0.1, 0.15) is 101 Å². The molecule has 3 N–H and O–H groups in total. The number of likely N-dealkylation sites (tertiary alicyclic amines) is 1. The van der Waals surface area contributed by atoms with Crippen LogP contribution in [0.4, 0.5) is 0 Å². The van der Waals surface area contributed by atoms with Gasteiger partial charge in [-0.1, -0.05) is 54.9 Å². The Balaban J connectivity index is 2.10. The maximum absolute atomic E-state index is 14.3. The second kappa shape index (κ2) is 10.5. The fourth-order valence-corrected chi connectivity index (χ4v) is 7.66. The molecule has 37 heavy (non-hydrogen) atoms. The quantitative estimate of drug-likeness (QED) is 0.386. The summed E-state index contributed by atoms with van der Waals surface area (Å²) in [5.74, 6) is -2.07. The molecule has 0 radical (unpaired) electrons. The lowest BCUT2D eigenvalue weighted by Gasteiger charge is -2.41. The highest BCUT2D eigenvalue weighted by molar-refractivity contribution is 5.99. The number of nitrogens with one attached hydrogen (secondary N) is 2. The van der Waals surface area contributed by atoms with Crippen LogP contribution in [0.5, 0.6) is 0 Å². The second-order valence-electron chi connectivity index (χ2n) is 13.6. The van der Waals surface area contributed by atoms with Crippen LogP contribution >= 0.6 is 0 Å². The summed E-state index contributed by atoms with van der Waals surface area (Å²) in [6.07, 6.45) is 4.07. The van der Waals surface area contributed by atoms with E-state index < -0.39 is 40.7 Å². The van der Waals surface area contributed by atoms with E-state index >= 15 is 0 Å². The Morgan fingerprint density at radius 3 is 2.30 bits per heavy atom. The number of carbonyl (C=O) groups excluding carboxylic acids is 3. The van der Waals surface area contributed by atoms with E-state index in [2.05, 4.69) is 31.4 Å². The number of rotatable bonds is 11. The Labute approximate surface area is 223 Å². The van der Waals surface area contributed by atoms with Crippen molar-refractivity contribution in [3.05, 3.63) is 0 Å². The van der Waals surface area contributed by atoms with Gasteiger partial charge in [0, 0.05) is 12.1 Å². The lowest BCUT2D eigenvalue weighted by Crippen LogP contribution is -2.62. The average Bonchev–Trinajstić information content (AvgIpc) is 3.39. The molecule has 212 valence electrons. The summed E-state index contributed by atoms with van der Waals surface area (Å²) < 4.78 is 6.83. The summed E-state index contributed by atoms with van der Waals surface area (Å²) in [6.45, 7) is 18.7. The molecule has 3 aliphatic rings. The van der Waals surface area contributed by atoms with E-state index in [1.54, 1.807) is 4.90 Å². The van der Waals surface area contributed by atoms with E-state index in [9.17, 15) is 19.5 Å². The fourth-order valence-electron chi connectivity index (χ4n) is 7.66. The SMILES string of the molecule is CCCNC(=O)[C@@H]1[C@H]2C(=O)N([C@@H](CO)[C@@H](C)CC)C(C(=O)NC(C)(C)CC(C)(C)C)C23CC[C@@]1(CC)O3. The first-order valence-electron chi connectivity index (χ1n) is 14.4. The smallest absolute Gasteiger partial charge is 0.246 e. The van der Waals surface area contributed by atoms with Crippen LogP contribution in [0.3, 0.4) is 0 Å². The van der Waals surface area contributed by atoms with Crippen LogP contribution in [-0.2, 0) is 19.1 Å². The zero-order chi connectivity index (χ0) is 28.0. The van der Waals surface area contributed by atoms with Crippen LogP contribution in [0.25, 0.3) is 0 Å². The number of ether oxygens (including phenoxy) is 1. The van der Waals surface area contributed by atoms with Gasteiger partial charge in [-0.25, -0.2) is 0 Å². The van der Waals surface area contributed by atoms with E-state index in [0.29, 0.717) is 25.8 Å². The Morgan fingerprint density at radius 2 is 1.78 bits per heavy atom. The monoisotopic (exact) mass is 521 g/mol. The van der Waals surface area contributed by atoms with Crippen molar-refractivity contribution in [3.8, 4) is 0 Å². The predicted molar refractivity (Wildman–Crippen MR) is 144 cm³/mol. The summed E-state index contributed by atoms with van der Waals surface area (Å²) in [5, 5.41) is 16.7. The zero-order valence-corrected chi connectivity index (χ0v) is 24.6. The number of carbonyl (C=O) groups is 3. The van der Waals surface area contributed by atoms with E-state index in [4.69, 9.17) is 4.74 Å². The normalized spacial score (nSPS) is 32.9. The van der Waals surface area contributed by atoms with E-state index in [1.807, 2.05) is 41.5 Å². The fraction of sp³-hybridized carbons (Fsp3) is 0.897. The van der Waals surface area contributed by atoms with Crippen LogP contribution < -0.4 is 10.6 Å². The number of nitrogens with zero attached hydrogens (tertiary/aromatic N) is 1. The summed E-state index contributed by atoms with van der Waals surface area (Å²) in [6, 6.07) is -1.42. The third-order valence-electron chi connectivity index (χ3n) is 8.98. The van der Waals surface area contributed by atoms with Crippen molar-refractivity contribution in [2.24, 2.45) is 23.2 Å². The van der Waals surface area contributed by atoms with E-state index in [0.717, 1.165) is 19.3 Å². The van der Waals surface area contributed by atoms with Crippen molar-refractivity contribution in [1.29, 1.82) is 0 Å². The van der Waals surface area contributed by atoms with Gasteiger partial charge in [0.05, 0.1) is 30.1 Å². The minimum atomic E-state index is -1.08. The predicted octanol–water partition coefficient (Wildman–Crippen LogP) is 3.41. The minimum absolute atomic E-state index is 0.00974. The Morgan fingerprint density at radius 1 is 1.14 bits per heavy atom. The summed E-state index contributed by atoms with van der Waals surface area (Å²) in [5.41, 5.74) is -2.36. The summed E-state index contributed by atoms with van der Waals surface area (Å²) >= 11 is 0. The molecular weight excluding hydrogens is 470 g/mol. The van der Waals surface area contributed by atoms with Crippen LogP contribution in [0.2, 0.25) is 0 Å². The molecule has 3 amide bonds. The molecule has 3 saturated heterocycles. The molecule has 0 aromatic carbocycles. The van der Waals surface area contributed by atoms with Crippen LogP contribution in [0.15, 0.2) is 0 Å². The topological polar surface area (TPSA) is 108 Å². The molecule has 8 heteroatoms. The van der Waals surface area contributed by atoms with E-state index in [1.165, 1.54) is 0 Å². The van der Waals surface area contributed by atoms with Crippen LogP contribution in [-0.4, -0.2) is 69.7 Å². The largest absolute Gasteiger partial charge is 0.394 e. The standard InChI is InChI=1S/C29H51N3O5/c1-10-15-30-23(34)20-21-25(36)32(19(16-33)18(4)11-2)22(29(21)14-13-28(20,12-3)37-29)24(35)31-27(8,9)17-26(5,6)7/h18-22,33H,10-17H2,1-9H3,(H,30,34)(H,31,35)/t18-,19-,20-,21-,22?,28+,29?/m0/s1. The molecule has 0 saturated carbocycles. The molecule has 3 rings (SSSR count). The molecule has 2 unspecified atom stereocenters. The molecule has 0 aromatic heterocycles. The van der Waals surface area contributed by atoms with Gasteiger partial charge < -0.3 is 25.4 Å². The lowest BCUT2D eigenvalue weighted by molar-refractivity contribution is -0.153. The molecule has 7 atom stereocenters. The van der Waals surface area contributed by atoms with E-state index in [-0.39, 0.29) is 35.7 Å². The number of amides is 3. The van der Waals surface area contributed by atoms with Crippen molar-refractivity contribution in [3.63, 3.8) is 0 Å². The molecule has 8 nitrogen and oxygen atoms in total. The molecule has 0 aromatic rings. The minimum Gasteiger partial charge on any atom is -0.394 e. The summed E-state index contributed by atoms with van der Waals surface area (Å²) in [4.78, 5) is 43.7. The van der Waals surface area contributed by atoms with Crippen molar-refractivity contribution >= 4 is 17.7 Å². The van der Waals surface area contributed by atoms with Crippen molar-refractivity contribution in [1.82, 2.24) is 15.5 Å². The van der Waals surface area contributed by atoms with Crippen molar-refractivity contribution in [2.45, 2.75) is 130 Å². The average molecular weight is 522 g/mol. The Hall–Kier alpha value is -1.67. The van der Waals surface area contributed by atoms with Gasteiger partial charge in [-0.2, -0.15) is 0 Å². The highest BCUT2D eigenvalue weighted by Crippen LogP contribution is 2.64. The third-order valence-corrected chi connectivity index (χ3v) is 8.98. The molecule has 2 bridgehead atoms. The highest BCUT2D eigenvalue weighted by Gasteiger charge is 2.79. The number of aliphatic hydroxyl groups is 1. The van der Waals surface area contributed by atoms with Gasteiger partial charge in [-0.05, 0) is 57.3 Å². The number of hydrogen-bond acceptors (Lipinski definition) is 5. The van der Waals surface area contributed by atoms with Gasteiger partial charge in [-0.15, -0.1) is 0 Å². The molecule has 3 aliphatic heterocycles. The van der Waals surface area contributed by atoms with Gasteiger partial charge in [0.1, 0.15) is 11.6 Å². The Kier molecular flexibility index (Phi) is 8.46. The number of fused-ring (bicyclic) bond motifs is 1. The summed E-state index contributed by atoms with van der Waals surface area (Å²) in [7, 11) is 0. The van der Waals surface area contributed by atoms with Crippen molar-refractivity contribution in [2.75, 3.05) is 13.2 Å². The Bertz CT molecular complexity index is 883. The maximum atomic E-state index is 14.3. The first kappa shape index (κ1) is 29.9. The second-order valence-corrected chi connectivity index (χ2v) is 13.6.